The Morgan fingerprint density at radius 3 is 2.46 bits per heavy atom. The van der Waals surface area contributed by atoms with Crippen molar-refractivity contribution < 1.29 is 9.53 Å². The topological polar surface area (TPSA) is 90.2 Å². The van der Waals surface area contributed by atoms with Gasteiger partial charge in [0, 0.05) is 30.9 Å². The maximum Gasteiger partial charge on any atom is 0.323 e. The van der Waals surface area contributed by atoms with Crippen LogP contribution in [0, 0.1) is 0 Å². The number of nitrogens with zero attached hydrogens (tertiary/aromatic N) is 1. The average Bonchev–Trinajstić information content (AvgIpc) is 3.00. The van der Waals surface area contributed by atoms with E-state index in [-0.39, 0.29) is 23.8 Å². The smallest absolute Gasteiger partial charge is 0.323 e. The summed E-state index contributed by atoms with van der Waals surface area (Å²) in [5.41, 5.74) is 3.50. The Hall–Kier alpha value is -2.90. The molecule has 1 saturated heterocycles. The minimum Gasteiger partial charge on any atom is -0.373 e. The molecule has 7 heteroatoms. The van der Waals surface area contributed by atoms with Crippen LogP contribution in [0.4, 0.5) is 5.69 Å². The largest absolute Gasteiger partial charge is 0.373 e. The van der Waals surface area contributed by atoms with Crippen LogP contribution in [0.5, 0.6) is 0 Å². The lowest BCUT2D eigenvalue weighted by molar-refractivity contribution is -0.0704. The van der Waals surface area contributed by atoms with Gasteiger partial charge in [0.25, 0.3) is 5.91 Å². The number of hydrogen-bond acceptors (Lipinski definition) is 4. The summed E-state index contributed by atoms with van der Waals surface area (Å²) < 4.78 is 5.77. The van der Waals surface area contributed by atoms with Crippen molar-refractivity contribution in [3.05, 3.63) is 64.1 Å². The van der Waals surface area contributed by atoms with Gasteiger partial charge in [-0.05, 0) is 49.7 Å². The van der Waals surface area contributed by atoms with Crippen LogP contribution in [0.2, 0.25) is 0 Å². The zero-order valence-electron chi connectivity index (χ0n) is 16.0. The number of benzene rings is 2. The molecule has 7 nitrogen and oxygen atoms in total. The number of aromatic nitrogens is 2. The second kappa shape index (κ2) is 7.61. The zero-order valence-corrected chi connectivity index (χ0v) is 16.0. The van der Waals surface area contributed by atoms with Gasteiger partial charge in [0.15, 0.2) is 0 Å². The number of imidazole rings is 1. The van der Waals surface area contributed by atoms with Gasteiger partial charge < -0.3 is 20.0 Å². The van der Waals surface area contributed by atoms with E-state index in [2.05, 4.69) is 34.0 Å². The molecule has 1 amide bonds. The van der Waals surface area contributed by atoms with E-state index in [1.165, 1.54) is 5.56 Å². The highest BCUT2D eigenvalue weighted by Crippen LogP contribution is 2.17. The minimum absolute atomic E-state index is 0.183. The maximum absolute atomic E-state index is 12.5. The third kappa shape index (κ3) is 4.16. The molecule has 0 saturated carbocycles. The highest BCUT2D eigenvalue weighted by Gasteiger charge is 2.22. The Morgan fingerprint density at radius 1 is 1.07 bits per heavy atom. The number of aromatic amines is 2. The molecule has 0 spiro atoms. The van der Waals surface area contributed by atoms with Crippen molar-refractivity contribution in [1.29, 1.82) is 0 Å². The number of anilines is 1. The zero-order chi connectivity index (χ0) is 19.7. The van der Waals surface area contributed by atoms with E-state index in [0.29, 0.717) is 22.3 Å². The van der Waals surface area contributed by atoms with Gasteiger partial charge in [-0.1, -0.05) is 12.1 Å². The van der Waals surface area contributed by atoms with E-state index in [0.717, 1.165) is 19.6 Å². The average molecular weight is 380 g/mol. The fourth-order valence-electron chi connectivity index (χ4n) is 3.75. The molecule has 1 aliphatic rings. The number of hydrogen-bond donors (Lipinski definition) is 3. The van der Waals surface area contributed by atoms with Crippen molar-refractivity contribution in [3.63, 3.8) is 0 Å². The van der Waals surface area contributed by atoms with Crippen LogP contribution in [-0.2, 0) is 11.3 Å². The van der Waals surface area contributed by atoms with Gasteiger partial charge in [-0.25, -0.2) is 4.79 Å². The van der Waals surface area contributed by atoms with Gasteiger partial charge in [-0.2, -0.15) is 0 Å². The standard InChI is InChI=1S/C21H24N4O3/c1-13-10-25(11-14(2)28-13)12-15-3-5-16(6-4-15)20(26)22-17-7-8-18-19(9-17)24-21(27)23-18/h3-9,13-14H,10-12H2,1-2H3,(H,22,26)(H2,23,24,27)/t13-,14-/m1/s1. The van der Waals surface area contributed by atoms with Gasteiger partial charge in [0.1, 0.15) is 0 Å². The monoisotopic (exact) mass is 380 g/mol. The van der Waals surface area contributed by atoms with Crippen molar-refractivity contribution in [3.8, 4) is 0 Å². The Morgan fingerprint density at radius 2 is 1.75 bits per heavy atom. The predicted molar refractivity (Wildman–Crippen MR) is 109 cm³/mol. The Labute approximate surface area is 162 Å². The summed E-state index contributed by atoms with van der Waals surface area (Å²) in [7, 11) is 0. The van der Waals surface area contributed by atoms with Gasteiger partial charge in [0.2, 0.25) is 0 Å². The molecule has 0 radical (unpaired) electrons. The molecule has 0 aliphatic carbocycles. The molecular weight excluding hydrogens is 356 g/mol. The molecule has 1 aromatic heterocycles. The van der Waals surface area contributed by atoms with Crippen molar-refractivity contribution >= 4 is 22.6 Å². The quantitative estimate of drug-likeness (QED) is 0.649. The molecule has 28 heavy (non-hydrogen) atoms. The summed E-state index contributed by atoms with van der Waals surface area (Å²) in [4.78, 5) is 31.6. The first-order valence-electron chi connectivity index (χ1n) is 9.46. The van der Waals surface area contributed by atoms with Crippen molar-refractivity contribution in [2.75, 3.05) is 18.4 Å². The predicted octanol–water partition coefficient (Wildman–Crippen LogP) is 2.72. The van der Waals surface area contributed by atoms with Crippen molar-refractivity contribution in [1.82, 2.24) is 14.9 Å². The lowest BCUT2D eigenvalue weighted by Crippen LogP contribution is -2.44. The molecule has 1 aliphatic heterocycles. The number of ether oxygens (including phenoxy) is 1. The molecule has 2 heterocycles. The van der Waals surface area contributed by atoms with Crippen LogP contribution < -0.4 is 11.0 Å². The summed E-state index contributed by atoms with van der Waals surface area (Å²) in [5.74, 6) is -0.183. The summed E-state index contributed by atoms with van der Waals surface area (Å²) >= 11 is 0. The fourth-order valence-corrected chi connectivity index (χ4v) is 3.75. The van der Waals surface area contributed by atoms with Crippen LogP contribution in [0.1, 0.15) is 29.8 Å². The number of H-pyrrole nitrogens is 2. The van der Waals surface area contributed by atoms with E-state index in [1.807, 2.05) is 24.3 Å². The Kier molecular flexibility index (Phi) is 5.02. The first kappa shape index (κ1) is 18.5. The first-order chi connectivity index (χ1) is 13.5. The van der Waals surface area contributed by atoms with E-state index < -0.39 is 0 Å². The van der Waals surface area contributed by atoms with Crippen LogP contribution in [-0.4, -0.2) is 46.1 Å². The summed E-state index contributed by atoms with van der Waals surface area (Å²) in [6.07, 6.45) is 0.474. The van der Waals surface area contributed by atoms with Gasteiger partial charge in [-0.15, -0.1) is 0 Å². The third-order valence-electron chi connectivity index (χ3n) is 4.89. The van der Waals surface area contributed by atoms with Gasteiger partial charge >= 0.3 is 5.69 Å². The Bertz CT molecular complexity index is 1030. The molecule has 2 aromatic carbocycles. The molecule has 146 valence electrons. The number of fused-ring (bicyclic) bond motifs is 1. The van der Waals surface area contributed by atoms with Gasteiger partial charge in [-0.3, -0.25) is 9.69 Å². The number of rotatable bonds is 4. The van der Waals surface area contributed by atoms with E-state index in [9.17, 15) is 9.59 Å². The molecule has 0 unspecified atom stereocenters. The van der Waals surface area contributed by atoms with Crippen LogP contribution in [0.3, 0.4) is 0 Å². The molecule has 1 fully saturated rings. The van der Waals surface area contributed by atoms with Crippen molar-refractivity contribution in [2.24, 2.45) is 0 Å². The highest BCUT2D eigenvalue weighted by molar-refractivity contribution is 6.04. The number of carbonyl (C=O) groups is 1. The molecule has 3 aromatic rings. The highest BCUT2D eigenvalue weighted by atomic mass is 16.5. The fraction of sp³-hybridized carbons (Fsp3) is 0.333. The Balaban J connectivity index is 1.41. The molecule has 3 N–H and O–H groups in total. The summed E-state index contributed by atoms with van der Waals surface area (Å²) in [6.45, 7) is 6.86. The number of amides is 1. The maximum atomic E-state index is 12.5. The summed E-state index contributed by atoms with van der Waals surface area (Å²) in [6, 6.07) is 12.9. The van der Waals surface area contributed by atoms with E-state index in [4.69, 9.17) is 4.74 Å². The molecule has 2 atom stereocenters. The van der Waals surface area contributed by atoms with Gasteiger partial charge in [0.05, 0.1) is 23.2 Å². The number of carbonyl (C=O) groups excluding carboxylic acids is 1. The van der Waals surface area contributed by atoms with Crippen molar-refractivity contribution in [2.45, 2.75) is 32.6 Å². The third-order valence-corrected chi connectivity index (χ3v) is 4.89. The summed E-state index contributed by atoms with van der Waals surface area (Å²) in [5, 5.41) is 2.87. The first-order valence-corrected chi connectivity index (χ1v) is 9.46. The van der Waals surface area contributed by atoms with E-state index >= 15 is 0 Å². The van der Waals surface area contributed by atoms with Crippen LogP contribution in [0.25, 0.3) is 11.0 Å². The van der Waals surface area contributed by atoms with Crippen LogP contribution in [0.15, 0.2) is 47.3 Å². The second-order valence-corrected chi connectivity index (χ2v) is 7.44. The molecule has 4 rings (SSSR count). The normalized spacial score (nSPS) is 20.4. The lowest BCUT2D eigenvalue weighted by Gasteiger charge is -2.35. The van der Waals surface area contributed by atoms with E-state index in [1.54, 1.807) is 18.2 Å². The van der Waals surface area contributed by atoms with Crippen LogP contribution >= 0.6 is 0 Å². The minimum atomic E-state index is -0.266. The number of nitrogens with one attached hydrogen (secondary N) is 3. The molecular formula is C21H24N4O3. The second-order valence-electron chi connectivity index (χ2n) is 7.44. The lowest BCUT2D eigenvalue weighted by atomic mass is 10.1. The molecule has 0 bridgehead atoms. The SMILES string of the molecule is C[C@@H]1CN(Cc2ccc(C(=O)Nc3ccc4[nH]c(=O)[nH]c4c3)cc2)C[C@@H](C)O1. The number of morpholine rings is 1.